The monoisotopic (exact) mass is 588 g/mol. The summed E-state index contributed by atoms with van der Waals surface area (Å²) in [5, 5.41) is 2.56. The predicted octanol–water partition coefficient (Wildman–Crippen LogP) is 11.5. The quantitative estimate of drug-likeness (QED) is 0.200. The highest BCUT2D eigenvalue weighted by atomic mass is 15.0. The molecule has 0 fully saturated rings. The third-order valence-electron chi connectivity index (χ3n) is 9.78. The largest absolute Gasteiger partial charge is 0.309 e. The van der Waals surface area contributed by atoms with Gasteiger partial charge in [-0.15, -0.1) is 0 Å². The molecule has 2 heteroatoms. The average Bonchev–Trinajstić information content (AvgIpc) is 3.56. The number of benzene rings is 6. The van der Waals surface area contributed by atoms with Gasteiger partial charge in [0.05, 0.1) is 22.4 Å². The van der Waals surface area contributed by atoms with Crippen LogP contribution in [0, 0.1) is 0 Å². The van der Waals surface area contributed by atoms with Crippen molar-refractivity contribution in [3.05, 3.63) is 169 Å². The number of nitrogens with zero attached hydrogens (tertiary/aromatic N) is 2. The van der Waals surface area contributed by atoms with Gasteiger partial charge in [0.2, 0.25) is 0 Å². The van der Waals surface area contributed by atoms with E-state index in [1.54, 1.807) is 0 Å². The minimum Gasteiger partial charge on any atom is -0.309 e. The van der Waals surface area contributed by atoms with Crippen LogP contribution in [0.1, 0.15) is 25.0 Å². The van der Waals surface area contributed by atoms with Gasteiger partial charge in [0.25, 0.3) is 0 Å². The first kappa shape index (κ1) is 26.7. The van der Waals surface area contributed by atoms with Crippen LogP contribution in [0.4, 0.5) is 0 Å². The van der Waals surface area contributed by atoms with Gasteiger partial charge in [-0.1, -0.05) is 129 Å². The predicted molar refractivity (Wildman–Crippen MR) is 192 cm³/mol. The van der Waals surface area contributed by atoms with Gasteiger partial charge < -0.3 is 4.57 Å². The molecule has 0 saturated heterocycles. The third kappa shape index (κ3) is 4.07. The normalized spacial score (nSPS) is 13.2. The molecule has 0 atom stereocenters. The summed E-state index contributed by atoms with van der Waals surface area (Å²) in [5.41, 5.74) is 15.5. The van der Waals surface area contributed by atoms with Gasteiger partial charge in [-0.05, 0) is 75.8 Å². The fraction of sp³-hybridized carbons (Fsp3) is 0.0682. The molecule has 0 N–H and O–H groups in total. The fourth-order valence-electron chi connectivity index (χ4n) is 7.48. The Kier molecular flexibility index (Phi) is 5.88. The van der Waals surface area contributed by atoms with Crippen LogP contribution in [-0.4, -0.2) is 9.55 Å². The summed E-state index contributed by atoms with van der Waals surface area (Å²) < 4.78 is 2.45. The number of fused-ring (bicyclic) bond motifs is 6. The molecule has 0 unspecified atom stereocenters. The van der Waals surface area contributed by atoms with Gasteiger partial charge in [0.15, 0.2) is 0 Å². The van der Waals surface area contributed by atoms with E-state index in [0.29, 0.717) is 0 Å². The Morgan fingerprint density at radius 2 is 1.07 bits per heavy atom. The third-order valence-corrected chi connectivity index (χ3v) is 9.78. The lowest BCUT2D eigenvalue weighted by Gasteiger charge is -2.21. The van der Waals surface area contributed by atoms with E-state index in [1.165, 1.54) is 44.1 Å². The van der Waals surface area contributed by atoms with Crippen LogP contribution in [0.2, 0.25) is 0 Å². The number of aromatic nitrogens is 2. The van der Waals surface area contributed by atoms with Crippen LogP contribution in [0.25, 0.3) is 72.3 Å². The lowest BCUT2D eigenvalue weighted by molar-refractivity contribution is 0.661. The minimum absolute atomic E-state index is 0.0675. The van der Waals surface area contributed by atoms with Gasteiger partial charge in [-0.2, -0.15) is 0 Å². The second kappa shape index (κ2) is 10.2. The second-order valence-electron chi connectivity index (χ2n) is 12.8. The number of hydrogen-bond donors (Lipinski definition) is 0. The minimum atomic E-state index is -0.0675. The molecule has 2 aromatic heterocycles. The summed E-state index contributed by atoms with van der Waals surface area (Å²) in [5.74, 6) is 0. The number of para-hydroxylation sites is 1. The first-order chi connectivity index (χ1) is 22.6. The molecule has 0 radical (unpaired) electrons. The lowest BCUT2D eigenvalue weighted by atomic mass is 9.82. The summed E-state index contributed by atoms with van der Waals surface area (Å²) in [6, 6.07) is 56.9. The van der Waals surface area contributed by atoms with Gasteiger partial charge >= 0.3 is 0 Å². The van der Waals surface area contributed by atoms with Crippen LogP contribution < -0.4 is 0 Å². The zero-order chi connectivity index (χ0) is 30.8. The van der Waals surface area contributed by atoms with E-state index in [2.05, 4.69) is 176 Å². The summed E-state index contributed by atoms with van der Waals surface area (Å²) in [6.45, 7) is 4.71. The standard InChI is InChI=1S/C44H32N2/c1-44(2)38-22-11-9-20-34(38)36-27-37-35-21-10-12-23-42(35)46(43(37)28-39(36)44)33-19-13-18-31(24-33)32-25-40(29-14-5-3-6-15-29)45-41(26-32)30-16-7-4-8-17-30/h3-28H,1-2H3. The van der Waals surface area contributed by atoms with Crippen LogP contribution in [0.5, 0.6) is 0 Å². The molecule has 218 valence electrons. The molecule has 6 aromatic carbocycles. The summed E-state index contributed by atoms with van der Waals surface area (Å²) in [6.07, 6.45) is 0. The smallest absolute Gasteiger partial charge is 0.0715 e. The van der Waals surface area contributed by atoms with E-state index in [-0.39, 0.29) is 5.41 Å². The molecule has 1 aliphatic rings. The zero-order valence-corrected chi connectivity index (χ0v) is 25.9. The highest BCUT2D eigenvalue weighted by Gasteiger charge is 2.36. The Balaban J connectivity index is 1.26. The summed E-state index contributed by atoms with van der Waals surface area (Å²) in [7, 11) is 0. The number of hydrogen-bond acceptors (Lipinski definition) is 1. The van der Waals surface area contributed by atoms with Crippen molar-refractivity contribution in [2.75, 3.05) is 0 Å². The molecule has 8 aromatic rings. The number of pyridine rings is 1. The average molecular weight is 589 g/mol. The molecule has 0 bridgehead atoms. The topological polar surface area (TPSA) is 17.8 Å². The van der Waals surface area contributed by atoms with Crippen LogP contribution in [-0.2, 0) is 5.41 Å². The Hall–Kier alpha value is -5.73. The first-order valence-electron chi connectivity index (χ1n) is 16.0. The highest BCUT2D eigenvalue weighted by molar-refractivity contribution is 6.11. The van der Waals surface area contributed by atoms with Gasteiger partial charge in [-0.3, -0.25) is 0 Å². The van der Waals surface area contributed by atoms with Crippen molar-refractivity contribution in [3.8, 4) is 50.5 Å². The molecular weight excluding hydrogens is 556 g/mol. The number of rotatable bonds is 4. The van der Waals surface area contributed by atoms with Crippen LogP contribution in [0.15, 0.2) is 158 Å². The van der Waals surface area contributed by atoms with E-state index in [1.807, 2.05) is 0 Å². The maximum atomic E-state index is 5.11. The lowest BCUT2D eigenvalue weighted by Crippen LogP contribution is -2.14. The molecular formula is C44H32N2. The molecule has 2 nitrogen and oxygen atoms in total. The van der Waals surface area contributed by atoms with Gasteiger partial charge in [0, 0.05) is 33.0 Å². The van der Waals surface area contributed by atoms with Crippen molar-refractivity contribution >= 4 is 21.8 Å². The van der Waals surface area contributed by atoms with Crippen molar-refractivity contribution in [1.29, 1.82) is 0 Å². The highest BCUT2D eigenvalue weighted by Crippen LogP contribution is 2.51. The molecule has 0 spiro atoms. The fourth-order valence-corrected chi connectivity index (χ4v) is 7.48. The molecule has 46 heavy (non-hydrogen) atoms. The maximum Gasteiger partial charge on any atom is 0.0715 e. The molecule has 9 rings (SSSR count). The van der Waals surface area contributed by atoms with E-state index in [4.69, 9.17) is 4.98 Å². The van der Waals surface area contributed by atoms with Crippen molar-refractivity contribution in [2.45, 2.75) is 19.3 Å². The summed E-state index contributed by atoms with van der Waals surface area (Å²) in [4.78, 5) is 5.11. The molecule has 0 aliphatic heterocycles. The van der Waals surface area contributed by atoms with Crippen LogP contribution in [0.3, 0.4) is 0 Å². The van der Waals surface area contributed by atoms with Crippen molar-refractivity contribution < 1.29 is 0 Å². The van der Waals surface area contributed by atoms with E-state index < -0.39 is 0 Å². The van der Waals surface area contributed by atoms with Gasteiger partial charge in [-0.25, -0.2) is 4.98 Å². The van der Waals surface area contributed by atoms with Crippen molar-refractivity contribution in [2.24, 2.45) is 0 Å². The zero-order valence-electron chi connectivity index (χ0n) is 25.9. The van der Waals surface area contributed by atoms with Crippen LogP contribution >= 0.6 is 0 Å². The summed E-state index contributed by atoms with van der Waals surface area (Å²) >= 11 is 0. The van der Waals surface area contributed by atoms with E-state index in [9.17, 15) is 0 Å². The Bertz CT molecular complexity index is 2370. The Morgan fingerprint density at radius 3 is 1.80 bits per heavy atom. The molecule has 0 saturated carbocycles. The molecule has 0 amide bonds. The van der Waals surface area contributed by atoms with Gasteiger partial charge in [0.1, 0.15) is 0 Å². The second-order valence-corrected chi connectivity index (χ2v) is 12.8. The van der Waals surface area contributed by atoms with E-state index in [0.717, 1.165) is 39.3 Å². The first-order valence-corrected chi connectivity index (χ1v) is 16.0. The Labute approximate surface area is 269 Å². The maximum absolute atomic E-state index is 5.11. The van der Waals surface area contributed by atoms with E-state index >= 15 is 0 Å². The SMILES string of the molecule is CC1(C)c2ccccc2-c2cc3c4ccccc4n(-c4cccc(-c5cc(-c6ccccc6)nc(-c6ccccc6)c5)c4)c3cc21. The van der Waals surface area contributed by atoms with Crippen molar-refractivity contribution in [1.82, 2.24) is 9.55 Å². The Morgan fingerprint density at radius 1 is 0.435 bits per heavy atom. The molecule has 1 aliphatic carbocycles. The van der Waals surface area contributed by atoms with Crippen molar-refractivity contribution in [3.63, 3.8) is 0 Å². The molecule has 2 heterocycles.